The number of amides is 1. The van der Waals surface area contributed by atoms with Gasteiger partial charge in [0.05, 0.1) is 5.69 Å². The fourth-order valence-corrected chi connectivity index (χ4v) is 2.37. The molecule has 0 spiro atoms. The number of carbonyl (C=O) groups is 2. The third kappa shape index (κ3) is 2.34. The largest absolute Gasteiger partial charge is 0.480 e. The molecule has 2 rings (SSSR count). The van der Waals surface area contributed by atoms with Gasteiger partial charge in [0.15, 0.2) is 0 Å². The third-order valence-electron chi connectivity index (χ3n) is 3.74. The number of nitrogens with one attached hydrogen (secondary N) is 1. The second-order valence-electron chi connectivity index (χ2n) is 5.24. The molecule has 1 aliphatic carbocycles. The molecule has 1 heterocycles. The van der Waals surface area contributed by atoms with Crippen LogP contribution in [0.3, 0.4) is 0 Å². The van der Waals surface area contributed by atoms with E-state index in [9.17, 15) is 9.59 Å². The third-order valence-corrected chi connectivity index (χ3v) is 3.74. The maximum atomic E-state index is 11.9. The number of carboxylic acids is 1. The van der Waals surface area contributed by atoms with Gasteiger partial charge in [-0.15, -0.1) is 0 Å². The van der Waals surface area contributed by atoms with Crippen molar-refractivity contribution >= 4 is 11.9 Å². The Hall–Kier alpha value is -1.85. The predicted octanol–water partition coefficient (Wildman–Crippen LogP) is 1.38. The highest BCUT2D eigenvalue weighted by Gasteiger charge is 2.57. The molecule has 6 heteroatoms. The minimum atomic E-state index is -1.18. The van der Waals surface area contributed by atoms with Crippen molar-refractivity contribution < 1.29 is 19.2 Å². The number of hydrogen-bond donors (Lipinski definition) is 2. The fraction of sp³-hybridized carbons (Fsp3) is 0.615. The minimum absolute atomic E-state index is 0.0415. The molecule has 1 aromatic rings. The van der Waals surface area contributed by atoms with Crippen LogP contribution in [0.5, 0.6) is 0 Å². The first-order chi connectivity index (χ1) is 8.88. The fourth-order valence-electron chi connectivity index (χ4n) is 2.37. The van der Waals surface area contributed by atoms with Gasteiger partial charge in [-0.3, -0.25) is 9.59 Å². The normalized spacial score (nSPS) is 17.8. The number of carboxylic acid groups (broad SMARTS) is 1. The summed E-state index contributed by atoms with van der Waals surface area (Å²) in [6.45, 7) is 6.01. The van der Waals surface area contributed by atoms with E-state index in [0.29, 0.717) is 19.4 Å². The summed E-state index contributed by atoms with van der Waals surface area (Å²) in [5, 5.41) is 15.6. The summed E-state index contributed by atoms with van der Waals surface area (Å²) in [4.78, 5) is 22.9. The summed E-state index contributed by atoms with van der Waals surface area (Å²) in [5.74, 6) is -0.646. The van der Waals surface area contributed by atoms with Gasteiger partial charge in [-0.2, -0.15) is 0 Å². The number of nitrogens with zero attached hydrogens (tertiary/aromatic N) is 1. The maximum absolute atomic E-state index is 11.9. The van der Waals surface area contributed by atoms with Crippen LogP contribution < -0.4 is 5.32 Å². The van der Waals surface area contributed by atoms with E-state index in [4.69, 9.17) is 9.63 Å². The summed E-state index contributed by atoms with van der Waals surface area (Å²) in [6, 6.07) is 0. The van der Waals surface area contributed by atoms with Crippen LogP contribution in [0.2, 0.25) is 0 Å². The maximum Gasteiger partial charge on any atom is 0.319 e. The van der Waals surface area contributed by atoms with Gasteiger partial charge in [0, 0.05) is 18.0 Å². The standard InChI is InChI=1S/C13H18N2O4/c1-7(10-8(2)15-19-9(10)3)6-14-11(16)13(4-5-13)12(17)18/h7H,4-6H2,1-3H3,(H,14,16)(H,17,18). The van der Waals surface area contributed by atoms with E-state index in [1.807, 2.05) is 20.8 Å². The summed E-state index contributed by atoms with van der Waals surface area (Å²) >= 11 is 0. The van der Waals surface area contributed by atoms with Gasteiger partial charge in [0.25, 0.3) is 0 Å². The van der Waals surface area contributed by atoms with Crippen molar-refractivity contribution in [3.8, 4) is 0 Å². The molecule has 0 radical (unpaired) electrons. The average Bonchev–Trinajstić information content (AvgIpc) is 3.09. The van der Waals surface area contributed by atoms with Crippen LogP contribution in [0.15, 0.2) is 4.52 Å². The molecule has 1 aliphatic rings. The lowest BCUT2D eigenvalue weighted by Crippen LogP contribution is -2.38. The summed E-state index contributed by atoms with van der Waals surface area (Å²) in [7, 11) is 0. The molecule has 1 aromatic heterocycles. The molecule has 0 saturated heterocycles. The van der Waals surface area contributed by atoms with E-state index in [0.717, 1.165) is 17.0 Å². The molecular formula is C13H18N2O4. The monoisotopic (exact) mass is 266 g/mol. The smallest absolute Gasteiger partial charge is 0.319 e. The first-order valence-corrected chi connectivity index (χ1v) is 6.33. The Labute approximate surface area is 111 Å². The molecule has 19 heavy (non-hydrogen) atoms. The molecule has 1 atom stereocenters. The summed E-state index contributed by atoms with van der Waals surface area (Å²) in [5.41, 5.74) is 0.595. The molecule has 1 saturated carbocycles. The highest BCUT2D eigenvalue weighted by Crippen LogP contribution is 2.46. The molecule has 0 aromatic carbocycles. The van der Waals surface area contributed by atoms with Crippen molar-refractivity contribution in [2.75, 3.05) is 6.54 Å². The first-order valence-electron chi connectivity index (χ1n) is 6.33. The van der Waals surface area contributed by atoms with Crippen LogP contribution in [0.1, 0.15) is 42.7 Å². The Morgan fingerprint density at radius 1 is 1.47 bits per heavy atom. The zero-order valence-corrected chi connectivity index (χ0v) is 11.3. The van der Waals surface area contributed by atoms with Crippen molar-refractivity contribution in [3.63, 3.8) is 0 Å². The van der Waals surface area contributed by atoms with Crippen LogP contribution in [0, 0.1) is 19.3 Å². The molecule has 0 aliphatic heterocycles. The molecule has 0 bridgehead atoms. The van der Waals surface area contributed by atoms with Crippen LogP contribution >= 0.6 is 0 Å². The number of carbonyl (C=O) groups excluding carboxylic acids is 1. The Kier molecular flexibility index (Phi) is 3.34. The number of aliphatic carboxylic acids is 1. The van der Waals surface area contributed by atoms with Crippen molar-refractivity contribution in [2.45, 2.75) is 39.5 Å². The Morgan fingerprint density at radius 3 is 2.53 bits per heavy atom. The van der Waals surface area contributed by atoms with E-state index >= 15 is 0 Å². The van der Waals surface area contributed by atoms with E-state index < -0.39 is 17.3 Å². The van der Waals surface area contributed by atoms with Gasteiger partial charge < -0.3 is 14.9 Å². The molecule has 104 valence electrons. The lowest BCUT2D eigenvalue weighted by molar-refractivity contribution is -0.149. The average molecular weight is 266 g/mol. The second-order valence-corrected chi connectivity index (χ2v) is 5.24. The van der Waals surface area contributed by atoms with Crippen LogP contribution in [-0.2, 0) is 9.59 Å². The van der Waals surface area contributed by atoms with E-state index in [-0.39, 0.29) is 5.92 Å². The number of hydrogen-bond acceptors (Lipinski definition) is 4. The van der Waals surface area contributed by atoms with E-state index in [1.165, 1.54) is 0 Å². The van der Waals surface area contributed by atoms with Gasteiger partial charge in [-0.1, -0.05) is 12.1 Å². The number of rotatable bonds is 5. The molecular weight excluding hydrogens is 248 g/mol. The van der Waals surface area contributed by atoms with Crippen molar-refractivity contribution in [1.82, 2.24) is 10.5 Å². The minimum Gasteiger partial charge on any atom is -0.480 e. The molecule has 1 amide bonds. The molecule has 1 fully saturated rings. The number of aryl methyl sites for hydroxylation is 2. The second kappa shape index (κ2) is 4.68. The predicted molar refractivity (Wildman–Crippen MR) is 66.7 cm³/mol. The van der Waals surface area contributed by atoms with Gasteiger partial charge in [-0.05, 0) is 26.7 Å². The van der Waals surface area contributed by atoms with Crippen LogP contribution in [0.25, 0.3) is 0 Å². The summed E-state index contributed by atoms with van der Waals surface area (Å²) < 4.78 is 5.08. The highest BCUT2D eigenvalue weighted by molar-refractivity contribution is 6.04. The van der Waals surface area contributed by atoms with Crippen LogP contribution in [0.4, 0.5) is 0 Å². The van der Waals surface area contributed by atoms with Crippen LogP contribution in [-0.4, -0.2) is 28.7 Å². The van der Waals surface area contributed by atoms with Crippen molar-refractivity contribution in [3.05, 3.63) is 17.0 Å². The highest BCUT2D eigenvalue weighted by atomic mass is 16.5. The first kappa shape index (κ1) is 13.6. The number of aromatic nitrogens is 1. The van der Waals surface area contributed by atoms with Gasteiger partial charge in [0.1, 0.15) is 11.2 Å². The zero-order valence-electron chi connectivity index (χ0n) is 11.3. The molecule has 1 unspecified atom stereocenters. The topological polar surface area (TPSA) is 92.4 Å². The van der Waals surface area contributed by atoms with Crippen molar-refractivity contribution in [2.24, 2.45) is 5.41 Å². The lowest BCUT2D eigenvalue weighted by Gasteiger charge is -2.15. The lowest BCUT2D eigenvalue weighted by atomic mass is 9.99. The Morgan fingerprint density at radius 2 is 2.11 bits per heavy atom. The zero-order chi connectivity index (χ0) is 14.2. The molecule has 2 N–H and O–H groups in total. The van der Waals surface area contributed by atoms with Gasteiger partial charge >= 0.3 is 5.97 Å². The molecule has 6 nitrogen and oxygen atoms in total. The van der Waals surface area contributed by atoms with Gasteiger partial charge in [-0.25, -0.2) is 0 Å². The van der Waals surface area contributed by atoms with E-state index in [1.54, 1.807) is 0 Å². The van der Waals surface area contributed by atoms with Crippen molar-refractivity contribution in [1.29, 1.82) is 0 Å². The SMILES string of the molecule is Cc1noc(C)c1C(C)CNC(=O)C1(C(=O)O)CC1. The quantitative estimate of drug-likeness (QED) is 0.785. The summed E-state index contributed by atoms with van der Waals surface area (Å²) in [6.07, 6.45) is 0.849. The van der Waals surface area contributed by atoms with Gasteiger partial charge in [0.2, 0.25) is 5.91 Å². The Bertz CT molecular complexity index is 497. The van der Waals surface area contributed by atoms with E-state index in [2.05, 4.69) is 10.5 Å². The Balaban J connectivity index is 1.96.